The van der Waals surface area contributed by atoms with E-state index in [0.29, 0.717) is 10.0 Å². The molecule has 0 aliphatic heterocycles. The highest BCUT2D eigenvalue weighted by atomic mass is 79.9. The summed E-state index contributed by atoms with van der Waals surface area (Å²) in [5.41, 5.74) is 0.405. The average Bonchev–Trinajstić information content (AvgIpc) is 2.08. The van der Waals surface area contributed by atoms with Crippen molar-refractivity contribution >= 4 is 33.3 Å². The van der Waals surface area contributed by atoms with Crippen LogP contribution < -0.4 is 0 Å². The van der Waals surface area contributed by atoms with E-state index in [0.717, 1.165) is 0 Å². The van der Waals surface area contributed by atoms with E-state index in [4.69, 9.17) is 16.7 Å². The molecule has 4 heteroatoms. The smallest absolute Gasteiger partial charge is 0.181 e. The second kappa shape index (κ2) is 4.11. The minimum atomic E-state index is -0.585. The maximum absolute atomic E-state index is 11.4. The van der Waals surface area contributed by atoms with Gasteiger partial charge in [-0.05, 0) is 25.1 Å². The van der Waals surface area contributed by atoms with Gasteiger partial charge in [0, 0.05) is 10.0 Å². The number of phenols is 1. The van der Waals surface area contributed by atoms with Gasteiger partial charge in [0.2, 0.25) is 0 Å². The summed E-state index contributed by atoms with van der Waals surface area (Å²) in [5, 5.41) is 8.57. The highest BCUT2D eigenvalue weighted by Crippen LogP contribution is 2.23. The van der Waals surface area contributed by atoms with Gasteiger partial charge in [-0.3, -0.25) is 4.79 Å². The SMILES string of the molecule is CC(Cl)C(=O)c1cc(O)ccc1Br. The molecule has 1 aromatic rings. The maximum Gasteiger partial charge on any atom is 0.181 e. The van der Waals surface area contributed by atoms with Crippen LogP contribution in [0, 0.1) is 0 Å². The van der Waals surface area contributed by atoms with Crippen molar-refractivity contribution in [3.8, 4) is 5.75 Å². The number of ketones is 1. The van der Waals surface area contributed by atoms with E-state index < -0.39 is 5.38 Å². The Labute approximate surface area is 89.7 Å². The van der Waals surface area contributed by atoms with Crippen LogP contribution in [-0.2, 0) is 0 Å². The zero-order chi connectivity index (χ0) is 10.0. The Bertz CT molecular complexity index is 336. The van der Waals surface area contributed by atoms with Gasteiger partial charge in [-0.1, -0.05) is 15.9 Å². The highest BCUT2D eigenvalue weighted by molar-refractivity contribution is 9.10. The first-order valence-electron chi connectivity index (χ1n) is 3.69. The molecule has 0 saturated carbocycles. The molecule has 0 radical (unpaired) electrons. The van der Waals surface area contributed by atoms with Gasteiger partial charge in [-0.2, -0.15) is 0 Å². The lowest BCUT2D eigenvalue weighted by atomic mass is 10.1. The molecule has 1 rings (SSSR count). The van der Waals surface area contributed by atoms with Gasteiger partial charge in [0.05, 0.1) is 5.38 Å². The normalized spacial score (nSPS) is 12.5. The second-order valence-corrected chi connectivity index (χ2v) is 4.15. The van der Waals surface area contributed by atoms with Crippen molar-refractivity contribution in [1.82, 2.24) is 0 Å². The van der Waals surface area contributed by atoms with Crippen molar-refractivity contribution < 1.29 is 9.90 Å². The Morgan fingerprint density at radius 3 is 2.77 bits per heavy atom. The van der Waals surface area contributed by atoms with Crippen LogP contribution in [0.5, 0.6) is 5.75 Å². The third kappa shape index (κ3) is 2.45. The Morgan fingerprint density at radius 2 is 2.23 bits per heavy atom. The van der Waals surface area contributed by atoms with Gasteiger partial charge < -0.3 is 5.11 Å². The number of halogens is 2. The molecule has 1 aromatic carbocycles. The molecule has 2 nitrogen and oxygen atoms in total. The summed E-state index contributed by atoms with van der Waals surface area (Å²) in [6.07, 6.45) is 0. The first-order chi connectivity index (χ1) is 6.02. The quantitative estimate of drug-likeness (QED) is 0.658. The fraction of sp³-hybridized carbons (Fsp3) is 0.222. The van der Waals surface area contributed by atoms with Crippen LogP contribution in [0.25, 0.3) is 0 Å². The number of rotatable bonds is 2. The molecule has 1 atom stereocenters. The van der Waals surface area contributed by atoms with E-state index in [1.807, 2.05) is 0 Å². The van der Waals surface area contributed by atoms with E-state index in [1.165, 1.54) is 12.1 Å². The van der Waals surface area contributed by atoms with Crippen LogP contribution in [0.1, 0.15) is 17.3 Å². The topological polar surface area (TPSA) is 37.3 Å². The first-order valence-corrected chi connectivity index (χ1v) is 4.92. The van der Waals surface area contributed by atoms with Gasteiger partial charge >= 0.3 is 0 Å². The molecule has 0 aliphatic rings. The van der Waals surface area contributed by atoms with Crippen molar-refractivity contribution in [1.29, 1.82) is 0 Å². The summed E-state index contributed by atoms with van der Waals surface area (Å²) in [7, 11) is 0. The fourth-order valence-electron chi connectivity index (χ4n) is 0.916. The first kappa shape index (κ1) is 10.5. The van der Waals surface area contributed by atoms with E-state index >= 15 is 0 Å². The maximum atomic E-state index is 11.4. The number of hydrogen-bond donors (Lipinski definition) is 1. The van der Waals surface area contributed by atoms with Crippen LogP contribution in [-0.4, -0.2) is 16.3 Å². The van der Waals surface area contributed by atoms with Crippen molar-refractivity contribution in [3.63, 3.8) is 0 Å². The molecule has 0 amide bonds. The molecule has 0 saturated heterocycles. The lowest BCUT2D eigenvalue weighted by Crippen LogP contribution is -2.10. The highest BCUT2D eigenvalue weighted by Gasteiger charge is 2.15. The zero-order valence-electron chi connectivity index (χ0n) is 6.92. The van der Waals surface area contributed by atoms with Crippen molar-refractivity contribution in [2.24, 2.45) is 0 Å². The number of carbonyl (C=O) groups is 1. The lowest BCUT2D eigenvalue weighted by molar-refractivity contribution is 0.0990. The monoisotopic (exact) mass is 262 g/mol. The summed E-state index contributed by atoms with van der Waals surface area (Å²) in [6, 6.07) is 4.51. The summed E-state index contributed by atoms with van der Waals surface area (Å²) < 4.78 is 0.641. The second-order valence-electron chi connectivity index (χ2n) is 2.64. The van der Waals surface area contributed by atoms with Crippen LogP contribution in [0.4, 0.5) is 0 Å². The summed E-state index contributed by atoms with van der Waals surface area (Å²) in [5.74, 6) is -0.145. The predicted molar refractivity (Wildman–Crippen MR) is 55.5 cm³/mol. The van der Waals surface area contributed by atoms with Crippen LogP contribution in [0.3, 0.4) is 0 Å². The standard InChI is InChI=1S/C9H8BrClO2/c1-5(11)9(13)7-4-6(12)2-3-8(7)10/h2-5,12H,1H3. The number of benzene rings is 1. The molecular formula is C9H8BrClO2. The largest absolute Gasteiger partial charge is 0.508 e. The van der Waals surface area contributed by atoms with Crippen LogP contribution in [0.2, 0.25) is 0 Å². The van der Waals surface area contributed by atoms with Gasteiger partial charge in [0.25, 0.3) is 0 Å². The molecule has 1 N–H and O–H groups in total. The van der Waals surface area contributed by atoms with Gasteiger partial charge in [-0.25, -0.2) is 0 Å². The van der Waals surface area contributed by atoms with E-state index in [-0.39, 0.29) is 11.5 Å². The fourth-order valence-corrected chi connectivity index (χ4v) is 1.48. The zero-order valence-corrected chi connectivity index (χ0v) is 9.26. The minimum absolute atomic E-state index is 0.0591. The lowest BCUT2D eigenvalue weighted by Gasteiger charge is -2.05. The molecule has 0 bridgehead atoms. The van der Waals surface area contributed by atoms with Gasteiger partial charge in [0.1, 0.15) is 5.75 Å². The number of carbonyl (C=O) groups excluding carboxylic acids is 1. The van der Waals surface area contributed by atoms with Gasteiger partial charge in [-0.15, -0.1) is 11.6 Å². The minimum Gasteiger partial charge on any atom is -0.508 e. The number of Topliss-reactive ketones (excluding diaryl/α,β-unsaturated/α-hetero) is 1. The molecule has 0 aliphatic carbocycles. The summed E-state index contributed by atoms with van der Waals surface area (Å²) in [6.45, 7) is 1.60. The molecule has 1 unspecified atom stereocenters. The number of aromatic hydroxyl groups is 1. The summed E-state index contributed by atoms with van der Waals surface area (Å²) in [4.78, 5) is 11.4. The molecule has 0 spiro atoms. The molecule has 13 heavy (non-hydrogen) atoms. The molecule has 0 aromatic heterocycles. The Balaban J connectivity index is 3.13. The predicted octanol–water partition coefficient (Wildman–Crippen LogP) is 2.96. The summed E-state index contributed by atoms with van der Waals surface area (Å²) >= 11 is 8.84. The molecule has 0 heterocycles. The van der Waals surface area contributed by atoms with Crippen molar-refractivity contribution in [2.45, 2.75) is 12.3 Å². The Hall–Kier alpha value is -0.540. The number of alkyl halides is 1. The molecule has 0 fully saturated rings. The molecule has 70 valence electrons. The van der Waals surface area contributed by atoms with Crippen LogP contribution in [0.15, 0.2) is 22.7 Å². The number of hydrogen-bond acceptors (Lipinski definition) is 2. The van der Waals surface area contributed by atoms with E-state index in [1.54, 1.807) is 13.0 Å². The number of phenolic OH excluding ortho intramolecular Hbond substituents is 1. The average molecular weight is 264 g/mol. The van der Waals surface area contributed by atoms with Crippen molar-refractivity contribution in [2.75, 3.05) is 0 Å². The third-order valence-electron chi connectivity index (χ3n) is 1.58. The van der Waals surface area contributed by atoms with Crippen LogP contribution >= 0.6 is 27.5 Å². The Morgan fingerprint density at radius 1 is 1.62 bits per heavy atom. The third-order valence-corrected chi connectivity index (χ3v) is 2.47. The molecular weight excluding hydrogens is 255 g/mol. The van der Waals surface area contributed by atoms with Gasteiger partial charge in [0.15, 0.2) is 5.78 Å². The van der Waals surface area contributed by atoms with E-state index in [2.05, 4.69) is 15.9 Å². The van der Waals surface area contributed by atoms with Crippen molar-refractivity contribution in [3.05, 3.63) is 28.2 Å². The van der Waals surface area contributed by atoms with E-state index in [9.17, 15) is 4.79 Å². The Kier molecular flexibility index (Phi) is 3.33.